The van der Waals surface area contributed by atoms with Crippen LogP contribution in [-0.2, 0) is 0 Å². The Morgan fingerprint density at radius 3 is 2.92 bits per heavy atom. The number of aliphatic hydroxyl groups excluding tert-OH is 1. The van der Waals surface area contributed by atoms with Crippen molar-refractivity contribution in [3.63, 3.8) is 0 Å². The summed E-state index contributed by atoms with van der Waals surface area (Å²) in [5.74, 6) is 0. The van der Waals surface area contributed by atoms with Gasteiger partial charge in [0.2, 0.25) is 0 Å². The van der Waals surface area contributed by atoms with Crippen LogP contribution in [0.1, 0.15) is 24.6 Å². The fourth-order valence-corrected chi connectivity index (χ4v) is 1.32. The predicted molar refractivity (Wildman–Crippen MR) is 52.4 cm³/mol. The number of hydrogen-bond donors (Lipinski definition) is 2. The van der Waals surface area contributed by atoms with Gasteiger partial charge in [-0.3, -0.25) is 4.98 Å². The largest absolute Gasteiger partial charge is 0.396 e. The van der Waals surface area contributed by atoms with E-state index in [1.54, 1.807) is 6.20 Å². The van der Waals surface area contributed by atoms with Gasteiger partial charge in [0, 0.05) is 18.8 Å². The lowest BCUT2D eigenvalue weighted by Gasteiger charge is -2.14. The van der Waals surface area contributed by atoms with Crippen molar-refractivity contribution in [3.8, 4) is 0 Å². The average Bonchev–Trinajstić information content (AvgIpc) is 2.21. The fraction of sp³-hybridized carbons (Fsp3) is 0.500. The molecule has 3 heteroatoms. The lowest BCUT2D eigenvalue weighted by atomic mass is 10.1. The maximum Gasteiger partial charge on any atom is 0.0573 e. The van der Waals surface area contributed by atoms with Crippen LogP contribution >= 0.6 is 0 Å². The fourth-order valence-electron chi connectivity index (χ4n) is 1.32. The molecule has 0 spiro atoms. The summed E-state index contributed by atoms with van der Waals surface area (Å²) < 4.78 is 0. The van der Waals surface area contributed by atoms with Gasteiger partial charge in [0.1, 0.15) is 0 Å². The Labute approximate surface area is 78.8 Å². The highest BCUT2D eigenvalue weighted by Crippen LogP contribution is 2.14. The molecular weight excluding hydrogens is 164 g/mol. The molecule has 1 rings (SSSR count). The van der Waals surface area contributed by atoms with Crippen LogP contribution in [0.25, 0.3) is 0 Å². The van der Waals surface area contributed by atoms with Gasteiger partial charge in [0.25, 0.3) is 0 Å². The van der Waals surface area contributed by atoms with Gasteiger partial charge in [-0.25, -0.2) is 0 Å². The van der Waals surface area contributed by atoms with Crippen molar-refractivity contribution < 1.29 is 5.11 Å². The minimum Gasteiger partial charge on any atom is -0.396 e. The molecule has 0 saturated heterocycles. The van der Waals surface area contributed by atoms with Crippen molar-refractivity contribution >= 4 is 0 Å². The Kier molecular flexibility index (Phi) is 4.43. The second-order valence-electron chi connectivity index (χ2n) is 2.96. The third-order valence-corrected chi connectivity index (χ3v) is 2.04. The number of aromatic nitrogens is 1. The van der Waals surface area contributed by atoms with Gasteiger partial charge in [-0.1, -0.05) is 6.07 Å². The molecule has 0 aliphatic rings. The summed E-state index contributed by atoms with van der Waals surface area (Å²) in [6, 6.07) is 6.14. The second-order valence-corrected chi connectivity index (χ2v) is 2.96. The molecule has 0 saturated carbocycles. The number of nitrogens with one attached hydrogen (secondary N) is 1. The summed E-state index contributed by atoms with van der Waals surface area (Å²) in [5.41, 5.74) is 1.04. The highest BCUT2D eigenvalue weighted by Gasteiger charge is 2.08. The van der Waals surface area contributed by atoms with E-state index >= 15 is 0 Å². The quantitative estimate of drug-likeness (QED) is 0.713. The van der Waals surface area contributed by atoms with Crippen LogP contribution in [0.3, 0.4) is 0 Å². The molecule has 0 fully saturated rings. The summed E-state index contributed by atoms with van der Waals surface area (Å²) in [4.78, 5) is 4.26. The van der Waals surface area contributed by atoms with E-state index in [0.717, 1.165) is 18.5 Å². The minimum atomic E-state index is 0.241. The number of pyridine rings is 1. The van der Waals surface area contributed by atoms with Crippen molar-refractivity contribution in [3.05, 3.63) is 30.1 Å². The third-order valence-electron chi connectivity index (χ3n) is 2.04. The smallest absolute Gasteiger partial charge is 0.0573 e. The lowest BCUT2D eigenvalue weighted by Crippen LogP contribution is -2.17. The van der Waals surface area contributed by atoms with Gasteiger partial charge >= 0.3 is 0 Å². The molecule has 1 heterocycles. The molecule has 13 heavy (non-hydrogen) atoms. The van der Waals surface area contributed by atoms with Crippen LogP contribution in [-0.4, -0.2) is 23.7 Å². The molecule has 2 N–H and O–H groups in total. The second kappa shape index (κ2) is 5.67. The predicted octanol–water partition coefficient (Wildman–Crippen LogP) is 1.11. The summed E-state index contributed by atoms with van der Waals surface area (Å²) in [6.07, 6.45) is 3.52. The van der Waals surface area contributed by atoms with Gasteiger partial charge in [-0.15, -0.1) is 0 Å². The van der Waals surface area contributed by atoms with E-state index in [1.807, 2.05) is 25.2 Å². The summed E-state index contributed by atoms with van der Waals surface area (Å²) in [7, 11) is 1.91. The van der Waals surface area contributed by atoms with Crippen LogP contribution < -0.4 is 5.32 Å². The van der Waals surface area contributed by atoms with Crippen molar-refractivity contribution in [1.82, 2.24) is 10.3 Å². The van der Waals surface area contributed by atoms with E-state index in [-0.39, 0.29) is 12.6 Å². The van der Waals surface area contributed by atoms with E-state index in [2.05, 4.69) is 10.3 Å². The summed E-state index contributed by atoms with van der Waals surface area (Å²) in [5, 5.41) is 11.9. The van der Waals surface area contributed by atoms with Crippen LogP contribution in [0.15, 0.2) is 24.4 Å². The molecule has 0 aliphatic carbocycles. The van der Waals surface area contributed by atoms with Gasteiger partial charge in [0.15, 0.2) is 0 Å². The monoisotopic (exact) mass is 180 g/mol. The zero-order chi connectivity index (χ0) is 9.52. The van der Waals surface area contributed by atoms with Crippen molar-refractivity contribution in [2.45, 2.75) is 18.9 Å². The molecule has 1 unspecified atom stereocenters. The highest BCUT2D eigenvalue weighted by atomic mass is 16.2. The van der Waals surface area contributed by atoms with Gasteiger partial charge in [-0.05, 0) is 32.0 Å². The molecular formula is C10H16N2O. The van der Waals surface area contributed by atoms with Crippen molar-refractivity contribution in [2.24, 2.45) is 0 Å². The highest BCUT2D eigenvalue weighted by molar-refractivity contribution is 5.08. The molecule has 72 valence electrons. The van der Waals surface area contributed by atoms with Crippen LogP contribution in [0, 0.1) is 0 Å². The SMILES string of the molecule is CNC(CCCO)c1ccccn1. The molecule has 1 aromatic heterocycles. The Balaban J connectivity index is 2.56. The normalized spacial score (nSPS) is 12.8. The Morgan fingerprint density at radius 2 is 2.38 bits per heavy atom. The van der Waals surface area contributed by atoms with E-state index in [9.17, 15) is 0 Å². The lowest BCUT2D eigenvalue weighted by molar-refractivity contribution is 0.276. The van der Waals surface area contributed by atoms with E-state index in [4.69, 9.17) is 5.11 Å². The van der Waals surface area contributed by atoms with E-state index in [1.165, 1.54) is 0 Å². The zero-order valence-electron chi connectivity index (χ0n) is 7.90. The molecule has 1 atom stereocenters. The molecule has 0 aliphatic heterocycles. The summed E-state index contributed by atoms with van der Waals surface area (Å²) in [6.45, 7) is 0.241. The van der Waals surface area contributed by atoms with Gasteiger partial charge < -0.3 is 10.4 Å². The van der Waals surface area contributed by atoms with Crippen molar-refractivity contribution in [1.29, 1.82) is 0 Å². The topological polar surface area (TPSA) is 45.1 Å². The van der Waals surface area contributed by atoms with Crippen LogP contribution in [0.2, 0.25) is 0 Å². The maximum atomic E-state index is 8.71. The average molecular weight is 180 g/mol. The summed E-state index contributed by atoms with van der Waals surface area (Å²) >= 11 is 0. The van der Waals surface area contributed by atoms with E-state index in [0.29, 0.717) is 0 Å². The Morgan fingerprint density at radius 1 is 1.54 bits per heavy atom. The Hall–Kier alpha value is -0.930. The first-order valence-corrected chi connectivity index (χ1v) is 4.57. The molecule has 1 aromatic rings. The van der Waals surface area contributed by atoms with E-state index < -0.39 is 0 Å². The van der Waals surface area contributed by atoms with Gasteiger partial charge in [-0.2, -0.15) is 0 Å². The first kappa shape index (κ1) is 10.2. The Bertz CT molecular complexity index is 226. The number of hydrogen-bond acceptors (Lipinski definition) is 3. The van der Waals surface area contributed by atoms with Crippen LogP contribution in [0.4, 0.5) is 0 Å². The first-order chi connectivity index (χ1) is 6.38. The number of rotatable bonds is 5. The maximum absolute atomic E-state index is 8.71. The minimum absolute atomic E-state index is 0.241. The molecule has 0 bridgehead atoms. The molecule has 0 amide bonds. The van der Waals surface area contributed by atoms with Crippen molar-refractivity contribution in [2.75, 3.05) is 13.7 Å². The van der Waals surface area contributed by atoms with Crippen LogP contribution in [0.5, 0.6) is 0 Å². The molecule has 3 nitrogen and oxygen atoms in total. The molecule has 0 aromatic carbocycles. The standard InChI is InChI=1S/C10H16N2O/c1-11-9(6-4-8-13)10-5-2-3-7-12-10/h2-3,5,7,9,11,13H,4,6,8H2,1H3. The first-order valence-electron chi connectivity index (χ1n) is 4.57. The zero-order valence-corrected chi connectivity index (χ0v) is 7.90. The number of nitrogens with zero attached hydrogens (tertiary/aromatic N) is 1. The number of aliphatic hydroxyl groups is 1. The molecule has 0 radical (unpaired) electrons. The van der Waals surface area contributed by atoms with Gasteiger partial charge in [0.05, 0.1) is 5.69 Å². The third kappa shape index (κ3) is 3.13.